The van der Waals surface area contributed by atoms with Gasteiger partial charge in [-0.25, -0.2) is 14.8 Å². The number of hydrogen-bond acceptors (Lipinski definition) is 6. The van der Waals surface area contributed by atoms with E-state index < -0.39 is 5.97 Å². The largest absolute Gasteiger partial charge is 0.487 e. The van der Waals surface area contributed by atoms with Crippen LogP contribution in [0.5, 0.6) is 5.75 Å². The molecule has 0 saturated carbocycles. The summed E-state index contributed by atoms with van der Waals surface area (Å²) < 4.78 is 10.9. The number of benzene rings is 1. The first-order chi connectivity index (χ1) is 10.9. The Balaban J connectivity index is 2.29. The molecule has 0 aliphatic rings. The number of nitrogens with two attached hydrogens (primary N) is 1. The number of carbonyl (C=O) groups excluding carboxylic acids is 1. The number of nitrogens with zero attached hydrogens (tertiary/aromatic N) is 2. The first kappa shape index (κ1) is 16.7. The van der Waals surface area contributed by atoms with E-state index >= 15 is 0 Å². The summed E-state index contributed by atoms with van der Waals surface area (Å²) in [6.07, 6.45) is 0. The van der Waals surface area contributed by atoms with Crippen molar-refractivity contribution in [2.24, 2.45) is 0 Å². The lowest BCUT2D eigenvalue weighted by atomic mass is 10.1. The number of anilines is 1. The molecule has 1 aromatic carbocycles. The highest BCUT2D eigenvalue weighted by Crippen LogP contribution is 2.21. The number of ether oxygens (including phenoxy) is 2. The van der Waals surface area contributed by atoms with E-state index in [1.54, 1.807) is 13.8 Å². The average Bonchev–Trinajstić information content (AvgIpc) is 2.45. The van der Waals surface area contributed by atoms with Crippen molar-refractivity contribution in [3.63, 3.8) is 0 Å². The second-order valence-corrected chi connectivity index (χ2v) is 5.27. The number of rotatable bonds is 5. The van der Waals surface area contributed by atoms with Crippen molar-refractivity contribution < 1.29 is 14.3 Å². The zero-order valence-corrected chi connectivity index (χ0v) is 13.8. The molecule has 0 fully saturated rings. The van der Waals surface area contributed by atoms with Crippen LogP contribution in [0.4, 0.5) is 5.95 Å². The molecule has 2 rings (SSSR count). The Morgan fingerprint density at radius 1 is 1.22 bits per heavy atom. The number of aromatic nitrogens is 2. The summed E-state index contributed by atoms with van der Waals surface area (Å²) in [5.41, 5.74) is 9.08. The van der Waals surface area contributed by atoms with Crippen LogP contribution in [0.2, 0.25) is 0 Å². The zero-order valence-electron chi connectivity index (χ0n) is 13.8. The number of hydrogen-bond donors (Lipinski definition) is 1. The number of carbonyl (C=O) groups is 1. The van der Waals surface area contributed by atoms with E-state index in [0.29, 0.717) is 17.0 Å². The van der Waals surface area contributed by atoms with E-state index in [1.165, 1.54) is 0 Å². The lowest BCUT2D eigenvalue weighted by Crippen LogP contribution is -2.16. The highest BCUT2D eigenvalue weighted by molar-refractivity contribution is 5.91. The molecule has 0 aliphatic heterocycles. The molecular weight excluding hydrogens is 294 g/mol. The van der Waals surface area contributed by atoms with Gasteiger partial charge in [-0.05, 0) is 39.3 Å². The molecule has 23 heavy (non-hydrogen) atoms. The van der Waals surface area contributed by atoms with Gasteiger partial charge in [0, 0.05) is 0 Å². The molecule has 1 heterocycles. The van der Waals surface area contributed by atoms with Gasteiger partial charge in [-0.3, -0.25) is 0 Å². The van der Waals surface area contributed by atoms with E-state index in [2.05, 4.69) is 9.97 Å². The topological polar surface area (TPSA) is 87.3 Å². The number of aryl methyl sites for hydroxylation is 3. The maximum absolute atomic E-state index is 12.1. The molecule has 0 bridgehead atoms. The second kappa shape index (κ2) is 7.09. The van der Waals surface area contributed by atoms with Gasteiger partial charge in [0.1, 0.15) is 17.9 Å². The van der Waals surface area contributed by atoms with Gasteiger partial charge >= 0.3 is 5.97 Å². The van der Waals surface area contributed by atoms with E-state index in [1.807, 2.05) is 32.0 Å². The molecule has 0 spiro atoms. The van der Waals surface area contributed by atoms with E-state index in [4.69, 9.17) is 15.2 Å². The Morgan fingerprint density at radius 3 is 2.61 bits per heavy atom. The fourth-order valence-electron chi connectivity index (χ4n) is 2.34. The van der Waals surface area contributed by atoms with Gasteiger partial charge in [0.15, 0.2) is 0 Å². The SMILES string of the molecule is CCOC(=O)c1c(C)nc(N)nc1COc1ccc(C)cc1C. The molecule has 6 nitrogen and oxygen atoms in total. The lowest BCUT2D eigenvalue weighted by molar-refractivity contribution is 0.0521. The Kier molecular flexibility index (Phi) is 5.16. The van der Waals surface area contributed by atoms with E-state index in [9.17, 15) is 4.79 Å². The minimum absolute atomic E-state index is 0.106. The molecule has 1 aromatic heterocycles. The predicted molar refractivity (Wildman–Crippen MR) is 87.4 cm³/mol. The van der Waals surface area contributed by atoms with Crippen molar-refractivity contribution in [1.82, 2.24) is 9.97 Å². The normalized spacial score (nSPS) is 10.4. The molecule has 0 amide bonds. The molecular formula is C17H21N3O3. The summed E-state index contributed by atoms with van der Waals surface area (Å²) >= 11 is 0. The van der Waals surface area contributed by atoms with Crippen molar-refractivity contribution >= 4 is 11.9 Å². The van der Waals surface area contributed by atoms with E-state index in [0.717, 1.165) is 16.9 Å². The third-order valence-corrected chi connectivity index (χ3v) is 3.36. The second-order valence-electron chi connectivity index (χ2n) is 5.27. The zero-order chi connectivity index (χ0) is 17.0. The highest BCUT2D eigenvalue weighted by Gasteiger charge is 2.20. The van der Waals surface area contributed by atoms with Crippen LogP contribution in [0.3, 0.4) is 0 Å². The Hall–Kier alpha value is -2.63. The lowest BCUT2D eigenvalue weighted by Gasteiger charge is -2.13. The Labute approximate surface area is 135 Å². The standard InChI is InChI=1S/C17H21N3O3/c1-5-22-16(21)15-12(4)19-17(18)20-13(15)9-23-14-7-6-10(2)8-11(14)3/h6-8H,5,9H2,1-4H3,(H2,18,19,20). The quantitative estimate of drug-likeness (QED) is 0.854. The smallest absolute Gasteiger partial charge is 0.341 e. The summed E-state index contributed by atoms with van der Waals surface area (Å²) in [6.45, 7) is 7.83. The van der Waals surface area contributed by atoms with Crippen molar-refractivity contribution in [3.05, 3.63) is 46.3 Å². The summed E-state index contributed by atoms with van der Waals surface area (Å²) in [5, 5.41) is 0. The molecule has 0 radical (unpaired) electrons. The van der Waals surface area contributed by atoms with Crippen molar-refractivity contribution in [3.8, 4) is 5.75 Å². The van der Waals surface area contributed by atoms with Crippen LogP contribution in [-0.2, 0) is 11.3 Å². The minimum Gasteiger partial charge on any atom is -0.487 e. The third kappa shape index (κ3) is 3.97. The fraction of sp³-hybridized carbons (Fsp3) is 0.353. The van der Waals surface area contributed by atoms with Gasteiger partial charge < -0.3 is 15.2 Å². The van der Waals surface area contributed by atoms with Crippen LogP contribution in [-0.4, -0.2) is 22.5 Å². The molecule has 6 heteroatoms. The van der Waals surface area contributed by atoms with Gasteiger partial charge in [0.25, 0.3) is 0 Å². The molecule has 0 atom stereocenters. The Bertz CT molecular complexity index is 729. The van der Waals surface area contributed by atoms with Crippen LogP contribution in [0, 0.1) is 20.8 Å². The minimum atomic E-state index is -0.468. The number of nitrogen functional groups attached to an aromatic ring is 1. The summed E-state index contributed by atoms with van der Waals surface area (Å²) in [5.74, 6) is 0.374. The third-order valence-electron chi connectivity index (χ3n) is 3.36. The maximum Gasteiger partial charge on any atom is 0.341 e. The average molecular weight is 315 g/mol. The summed E-state index contributed by atoms with van der Waals surface area (Å²) in [7, 11) is 0. The number of esters is 1. The monoisotopic (exact) mass is 315 g/mol. The first-order valence-corrected chi connectivity index (χ1v) is 7.42. The summed E-state index contributed by atoms with van der Waals surface area (Å²) in [4.78, 5) is 20.3. The summed E-state index contributed by atoms with van der Waals surface area (Å²) in [6, 6.07) is 5.89. The molecule has 122 valence electrons. The van der Waals surface area contributed by atoms with E-state index in [-0.39, 0.29) is 19.2 Å². The van der Waals surface area contributed by atoms with Crippen LogP contribution in [0.1, 0.15) is 39.8 Å². The first-order valence-electron chi connectivity index (χ1n) is 7.42. The fourth-order valence-corrected chi connectivity index (χ4v) is 2.34. The van der Waals surface area contributed by atoms with Crippen molar-refractivity contribution in [2.45, 2.75) is 34.3 Å². The van der Waals surface area contributed by atoms with Crippen molar-refractivity contribution in [2.75, 3.05) is 12.3 Å². The van der Waals surface area contributed by atoms with Crippen LogP contribution >= 0.6 is 0 Å². The Morgan fingerprint density at radius 2 is 1.96 bits per heavy atom. The van der Waals surface area contributed by atoms with Gasteiger partial charge in [-0.15, -0.1) is 0 Å². The van der Waals surface area contributed by atoms with Gasteiger partial charge in [0.2, 0.25) is 5.95 Å². The van der Waals surface area contributed by atoms with Crippen molar-refractivity contribution in [1.29, 1.82) is 0 Å². The van der Waals surface area contributed by atoms with Crippen LogP contribution in [0.15, 0.2) is 18.2 Å². The predicted octanol–water partition coefficient (Wildman–Crippen LogP) is 2.74. The molecule has 2 aromatic rings. The van der Waals surface area contributed by atoms with Gasteiger partial charge in [0.05, 0.1) is 18.0 Å². The molecule has 0 aliphatic carbocycles. The molecule has 2 N–H and O–H groups in total. The maximum atomic E-state index is 12.1. The highest BCUT2D eigenvalue weighted by atomic mass is 16.5. The van der Waals surface area contributed by atoms with Gasteiger partial charge in [-0.2, -0.15) is 0 Å². The van der Waals surface area contributed by atoms with Gasteiger partial charge in [-0.1, -0.05) is 17.7 Å². The molecule has 0 unspecified atom stereocenters. The molecule has 0 saturated heterocycles. The van der Waals surface area contributed by atoms with Crippen LogP contribution < -0.4 is 10.5 Å². The van der Waals surface area contributed by atoms with Crippen LogP contribution in [0.25, 0.3) is 0 Å².